The second-order valence-corrected chi connectivity index (χ2v) is 4.26. The second kappa shape index (κ2) is 5.88. The molecule has 0 fully saturated rings. The Morgan fingerprint density at radius 1 is 1.25 bits per heavy atom. The SMILES string of the molecule is CCc1ccc(OC(C)C)cc1C(F)CC. The van der Waals surface area contributed by atoms with E-state index in [0.717, 1.165) is 23.3 Å². The van der Waals surface area contributed by atoms with Crippen molar-refractivity contribution < 1.29 is 9.13 Å². The zero-order valence-corrected chi connectivity index (χ0v) is 10.6. The minimum atomic E-state index is -0.884. The fraction of sp³-hybridized carbons (Fsp3) is 0.571. The lowest BCUT2D eigenvalue weighted by Gasteiger charge is -2.15. The molecule has 1 aromatic rings. The maximum Gasteiger partial charge on any atom is 0.125 e. The molecule has 1 aromatic carbocycles. The van der Waals surface area contributed by atoms with Crippen molar-refractivity contribution >= 4 is 0 Å². The lowest BCUT2D eigenvalue weighted by molar-refractivity contribution is 0.241. The van der Waals surface area contributed by atoms with Crippen LogP contribution >= 0.6 is 0 Å². The molecule has 0 aliphatic heterocycles. The zero-order chi connectivity index (χ0) is 12.1. The van der Waals surface area contributed by atoms with Gasteiger partial charge in [0.25, 0.3) is 0 Å². The van der Waals surface area contributed by atoms with Crippen LogP contribution in [0.5, 0.6) is 5.75 Å². The molecule has 1 rings (SSSR count). The summed E-state index contributed by atoms with van der Waals surface area (Å²) in [5, 5.41) is 0. The maximum absolute atomic E-state index is 13.8. The summed E-state index contributed by atoms with van der Waals surface area (Å²) < 4.78 is 19.4. The number of halogens is 1. The smallest absolute Gasteiger partial charge is 0.125 e. The molecule has 0 saturated carbocycles. The van der Waals surface area contributed by atoms with Gasteiger partial charge < -0.3 is 4.74 Å². The van der Waals surface area contributed by atoms with Crippen LogP contribution in [0.15, 0.2) is 18.2 Å². The van der Waals surface area contributed by atoms with Gasteiger partial charge in [0.05, 0.1) is 6.10 Å². The predicted molar refractivity (Wildman–Crippen MR) is 65.7 cm³/mol. The van der Waals surface area contributed by atoms with Crippen LogP contribution in [0, 0.1) is 0 Å². The van der Waals surface area contributed by atoms with Crippen molar-refractivity contribution in [1.82, 2.24) is 0 Å². The summed E-state index contributed by atoms with van der Waals surface area (Å²) in [6.07, 6.45) is 0.612. The van der Waals surface area contributed by atoms with Gasteiger partial charge in [-0.3, -0.25) is 0 Å². The molecular weight excluding hydrogens is 203 g/mol. The van der Waals surface area contributed by atoms with Crippen LogP contribution in [-0.2, 0) is 6.42 Å². The molecule has 1 nitrogen and oxygen atoms in total. The Morgan fingerprint density at radius 2 is 1.94 bits per heavy atom. The monoisotopic (exact) mass is 224 g/mol. The first-order chi connectivity index (χ1) is 7.58. The molecule has 16 heavy (non-hydrogen) atoms. The van der Waals surface area contributed by atoms with Crippen molar-refractivity contribution in [1.29, 1.82) is 0 Å². The van der Waals surface area contributed by atoms with Gasteiger partial charge >= 0.3 is 0 Å². The average Bonchev–Trinajstić information content (AvgIpc) is 2.27. The van der Waals surface area contributed by atoms with E-state index >= 15 is 0 Å². The summed E-state index contributed by atoms with van der Waals surface area (Å²) in [7, 11) is 0. The van der Waals surface area contributed by atoms with E-state index in [1.807, 2.05) is 45.9 Å². The quantitative estimate of drug-likeness (QED) is 0.717. The van der Waals surface area contributed by atoms with E-state index in [9.17, 15) is 4.39 Å². The Kier molecular flexibility index (Phi) is 4.78. The topological polar surface area (TPSA) is 9.23 Å². The highest BCUT2D eigenvalue weighted by Crippen LogP contribution is 2.29. The molecule has 1 atom stereocenters. The third-order valence-corrected chi connectivity index (χ3v) is 2.57. The highest BCUT2D eigenvalue weighted by atomic mass is 19.1. The van der Waals surface area contributed by atoms with E-state index in [2.05, 4.69) is 0 Å². The predicted octanol–water partition coefficient (Wildman–Crippen LogP) is 4.46. The maximum atomic E-state index is 13.8. The van der Waals surface area contributed by atoms with Crippen LogP contribution in [0.4, 0.5) is 4.39 Å². The van der Waals surface area contributed by atoms with Gasteiger partial charge in [-0.1, -0.05) is 19.9 Å². The van der Waals surface area contributed by atoms with Crippen LogP contribution in [0.2, 0.25) is 0 Å². The normalized spacial score (nSPS) is 12.9. The second-order valence-electron chi connectivity index (χ2n) is 4.26. The van der Waals surface area contributed by atoms with E-state index in [-0.39, 0.29) is 6.10 Å². The molecule has 90 valence electrons. The highest BCUT2D eigenvalue weighted by molar-refractivity contribution is 5.37. The number of hydrogen-bond acceptors (Lipinski definition) is 1. The minimum Gasteiger partial charge on any atom is -0.491 e. The van der Waals surface area contributed by atoms with Crippen molar-refractivity contribution in [2.24, 2.45) is 0 Å². The number of alkyl halides is 1. The molecule has 1 unspecified atom stereocenters. The zero-order valence-electron chi connectivity index (χ0n) is 10.6. The lowest BCUT2D eigenvalue weighted by Crippen LogP contribution is -2.06. The van der Waals surface area contributed by atoms with Crippen molar-refractivity contribution in [2.45, 2.75) is 52.8 Å². The van der Waals surface area contributed by atoms with Crippen LogP contribution in [0.1, 0.15) is 51.4 Å². The molecule has 0 aromatic heterocycles. The van der Waals surface area contributed by atoms with Gasteiger partial charge in [0.2, 0.25) is 0 Å². The van der Waals surface area contributed by atoms with Crippen LogP contribution in [-0.4, -0.2) is 6.10 Å². The number of benzene rings is 1. The summed E-state index contributed by atoms with van der Waals surface area (Å²) in [5.74, 6) is 0.762. The Labute approximate surface area is 97.6 Å². The first kappa shape index (κ1) is 13.0. The number of ether oxygens (including phenoxy) is 1. The Hall–Kier alpha value is -1.05. The van der Waals surface area contributed by atoms with E-state index in [1.54, 1.807) is 0 Å². The fourth-order valence-electron chi connectivity index (χ4n) is 1.75. The third kappa shape index (κ3) is 3.22. The van der Waals surface area contributed by atoms with Crippen molar-refractivity contribution in [3.8, 4) is 5.75 Å². The van der Waals surface area contributed by atoms with Gasteiger partial charge in [0.15, 0.2) is 0 Å². The Morgan fingerprint density at radius 3 is 2.44 bits per heavy atom. The molecule has 0 bridgehead atoms. The number of aryl methyl sites for hydroxylation is 1. The van der Waals surface area contributed by atoms with Crippen LogP contribution in [0.3, 0.4) is 0 Å². The van der Waals surface area contributed by atoms with E-state index in [1.165, 1.54) is 0 Å². The number of rotatable bonds is 5. The fourth-order valence-corrected chi connectivity index (χ4v) is 1.75. The highest BCUT2D eigenvalue weighted by Gasteiger charge is 2.13. The van der Waals surface area contributed by atoms with E-state index in [0.29, 0.717) is 6.42 Å². The standard InChI is InChI=1S/C14H21FO/c1-5-11-7-8-12(16-10(3)4)9-13(11)14(15)6-2/h7-10,14H,5-6H2,1-4H3. The van der Waals surface area contributed by atoms with Gasteiger partial charge in [-0.2, -0.15) is 0 Å². The van der Waals surface area contributed by atoms with Crippen LogP contribution < -0.4 is 4.74 Å². The largest absolute Gasteiger partial charge is 0.491 e. The van der Waals surface area contributed by atoms with Gasteiger partial charge in [0, 0.05) is 0 Å². The molecular formula is C14H21FO. The molecule has 0 aliphatic rings. The molecule has 2 heteroatoms. The van der Waals surface area contributed by atoms with Gasteiger partial charge in [-0.25, -0.2) is 4.39 Å². The Balaban J connectivity index is 3.01. The molecule has 0 N–H and O–H groups in total. The van der Waals surface area contributed by atoms with E-state index < -0.39 is 6.17 Å². The van der Waals surface area contributed by atoms with Gasteiger partial charge in [0.1, 0.15) is 11.9 Å². The first-order valence-corrected chi connectivity index (χ1v) is 6.02. The molecule has 0 spiro atoms. The third-order valence-electron chi connectivity index (χ3n) is 2.57. The molecule has 0 amide bonds. The summed E-state index contributed by atoms with van der Waals surface area (Å²) in [6, 6.07) is 5.73. The number of hydrogen-bond donors (Lipinski definition) is 0. The lowest BCUT2D eigenvalue weighted by atomic mass is 9.99. The Bertz CT molecular complexity index is 334. The molecule has 0 heterocycles. The van der Waals surface area contributed by atoms with Crippen LogP contribution in [0.25, 0.3) is 0 Å². The van der Waals surface area contributed by atoms with E-state index in [4.69, 9.17) is 4.74 Å². The summed E-state index contributed by atoms with van der Waals surface area (Å²) in [5.41, 5.74) is 1.86. The average molecular weight is 224 g/mol. The van der Waals surface area contributed by atoms with Crippen molar-refractivity contribution in [3.05, 3.63) is 29.3 Å². The molecule has 0 radical (unpaired) electrons. The minimum absolute atomic E-state index is 0.125. The van der Waals surface area contributed by atoms with Crippen molar-refractivity contribution in [2.75, 3.05) is 0 Å². The summed E-state index contributed by atoms with van der Waals surface area (Å²) >= 11 is 0. The summed E-state index contributed by atoms with van der Waals surface area (Å²) in [6.45, 7) is 7.85. The van der Waals surface area contributed by atoms with Gasteiger partial charge in [-0.05, 0) is 49.9 Å². The first-order valence-electron chi connectivity index (χ1n) is 6.02. The van der Waals surface area contributed by atoms with Crippen molar-refractivity contribution in [3.63, 3.8) is 0 Å². The molecule has 0 saturated heterocycles. The molecule has 0 aliphatic carbocycles. The van der Waals surface area contributed by atoms with Gasteiger partial charge in [-0.15, -0.1) is 0 Å². The summed E-state index contributed by atoms with van der Waals surface area (Å²) in [4.78, 5) is 0.